The summed E-state index contributed by atoms with van der Waals surface area (Å²) >= 11 is 0. The molecule has 2 rings (SSSR count). The third-order valence-corrected chi connectivity index (χ3v) is 3.70. The van der Waals surface area contributed by atoms with E-state index in [1.54, 1.807) is 12.1 Å². The summed E-state index contributed by atoms with van der Waals surface area (Å²) in [5.41, 5.74) is 2.36. The minimum absolute atomic E-state index is 0.0452. The zero-order valence-electron chi connectivity index (χ0n) is 12.7. The van der Waals surface area contributed by atoms with Crippen LogP contribution in [-0.2, 0) is 13.0 Å². The number of rotatable bonds is 7. The van der Waals surface area contributed by atoms with Crippen molar-refractivity contribution in [2.75, 3.05) is 6.54 Å². The van der Waals surface area contributed by atoms with E-state index < -0.39 is 6.10 Å². The normalized spacial score (nSPS) is 13.8. The minimum Gasteiger partial charge on any atom is -0.508 e. The molecule has 0 aromatic heterocycles. The molecular formula is C18H23NO3. The van der Waals surface area contributed by atoms with E-state index in [1.807, 2.05) is 18.2 Å². The summed E-state index contributed by atoms with van der Waals surface area (Å²) in [6.45, 7) is 2.25. The van der Waals surface area contributed by atoms with E-state index in [0.717, 1.165) is 6.42 Å². The molecule has 0 heterocycles. The smallest absolute Gasteiger partial charge is 0.121 e. The monoisotopic (exact) mass is 301 g/mol. The molecule has 0 aliphatic carbocycles. The fraction of sp³-hybridized carbons (Fsp3) is 0.333. The van der Waals surface area contributed by atoms with Gasteiger partial charge in [-0.05, 0) is 36.6 Å². The van der Waals surface area contributed by atoms with Crippen LogP contribution in [0.1, 0.15) is 29.7 Å². The van der Waals surface area contributed by atoms with E-state index in [1.165, 1.54) is 11.6 Å². The van der Waals surface area contributed by atoms with E-state index >= 15 is 0 Å². The first-order valence-electron chi connectivity index (χ1n) is 7.48. The second kappa shape index (κ2) is 7.94. The molecule has 2 atom stereocenters. The van der Waals surface area contributed by atoms with Gasteiger partial charge in [0.15, 0.2) is 0 Å². The van der Waals surface area contributed by atoms with Crippen LogP contribution in [0.5, 0.6) is 5.75 Å². The van der Waals surface area contributed by atoms with Crippen LogP contribution in [0, 0.1) is 0 Å². The Kier molecular flexibility index (Phi) is 5.95. The Labute approximate surface area is 131 Å². The van der Waals surface area contributed by atoms with Gasteiger partial charge >= 0.3 is 0 Å². The molecule has 0 saturated heterocycles. The van der Waals surface area contributed by atoms with Crippen molar-refractivity contribution in [3.8, 4) is 5.75 Å². The van der Waals surface area contributed by atoms with Crippen LogP contribution >= 0.6 is 0 Å². The summed E-state index contributed by atoms with van der Waals surface area (Å²) in [7, 11) is 0. The maximum atomic E-state index is 10.2. The Morgan fingerprint density at radius 3 is 2.50 bits per heavy atom. The summed E-state index contributed by atoms with van der Waals surface area (Å²) in [4.78, 5) is 0. The molecule has 4 heteroatoms. The first kappa shape index (κ1) is 16.5. The number of aliphatic hydroxyl groups excluding tert-OH is 2. The van der Waals surface area contributed by atoms with Gasteiger partial charge in [0.2, 0.25) is 0 Å². The highest BCUT2D eigenvalue weighted by Gasteiger charge is 2.12. The van der Waals surface area contributed by atoms with Crippen molar-refractivity contribution in [1.29, 1.82) is 0 Å². The van der Waals surface area contributed by atoms with Crippen LogP contribution in [0.2, 0.25) is 0 Å². The first-order chi connectivity index (χ1) is 10.6. The fourth-order valence-electron chi connectivity index (χ4n) is 2.41. The van der Waals surface area contributed by atoms with Gasteiger partial charge in [0.05, 0.1) is 12.7 Å². The topological polar surface area (TPSA) is 72.7 Å². The minimum atomic E-state index is -0.677. The molecule has 118 valence electrons. The van der Waals surface area contributed by atoms with Gasteiger partial charge in [-0.1, -0.05) is 36.4 Å². The second-order valence-corrected chi connectivity index (χ2v) is 5.56. The van der Waals surface area contributed by atoms with Gasteiger partial charge in [-0.15, -0.1) is 0 Å². The summed E-state index contributed by atoms with van der Waals surface area (Å²) in [6.07, 6.45) is 0.217. The van der Waals surface area contributed by atoms with E-state index in [4.69, 9.17) is 5.11 Å². The number of aliphatic hydroxyl groups is 2. The lowest BCUT2D eigenvalue weighted by Gasteiger charge is -2.18. The summed E-state index contributed by atoms with van der Waals surface area (Å²) in [6, 6.07) is 15.2. The lowest BCUT2D eigenvalue weighted by atomic mass is 10.0. The summed E-state index contributed by atoms with van der Waals surface area (Å²) in [5, 5.41) is 32.2. The molecule has 0 fully saturated rings. The van der Waals surface area contributed by atoms with Crippen molar-refractivity contribution in [3.63, 3.8) is 0 Å². The molecule has 0 amide bonds. The van der Waals surface area contributed by atoms with Crippen molar-refractivity contribution in [3.05, 3.63) is 65.2 Å². The lowest BCUT2D eigenvalue weighted by Crippen LogP contribution is -2.32. The molecule has 4 N–H and O–H groups in total. The quantitative estimate of drug-likeness (QED) is 0.632. The third-order valence-electron chi connectivity index (χ3n) is 3.70. The second-order valence-electron chi connectivity index (χ2n) is 5.56. The van der Waals surface area contributed by atoms with E-state index in [2.05, 4.69) is 24.4 Å². The predicted octanol–water partition coefficient (Wildman–Crippen LogP) is 2.14. The highest BCUT2D eigenvalue weighted by molar-refractivity contribution is 5.36. The molecule has 2 aromatic carbocycles. The molecule has 0 unspecified atom stereocenters. The van der Waals surface area contributed by atoms with Crippen LogP contribution in [0.3, 0.4) is 0 Å². The van der Waals surface area contributed by atoms with Crippen molar-refractivity contribution < 1.29 is 15.3 Å². The first-order valence-corrected chi connectivity index (χ1v) is 7.48. The largest absolute Gasteiger partial charge is 0.508 e. The summed E-state index contributed by atoms with van der Waals surface area (Å²) in [5.74, 6) is 0.0452. The molecule has 4 nitrogen and oxygen atoms in total. The van der Waals surface area contributed by atoms with Crippen molar-refractivity contribution in [1.82, 2.24) is 5.32 Å². The Morgan fingerprint density at radius 2 is 1.82 bits per heavy atom. The van der Waals surface area contributed by atoms with Crippen LogP contribution in [0.15, 0.2) is 48.5 Å². The average Bonchev–Trinajstić information content (AvgIpc) is 2.54. The van der Waals surface area contributed by atoms with Crippen LogP contribution in [0.4, 0.5) is 0 Å². The standard InChI is InChI=1S/C18H23NO3/c1-13(9-14-5-3-2-4-6-14)19-11-18(22)15-7-8-17(21)16(10-15)12-20/h2-8,10,13,18-22H,9,11-12H2,1H3/t13-,18-/m1/s1. The van der Waals surface area contributed by atoms with Crippen LogP contribution in [-0.4, -0.2) is 27.9 Å². The molecule has 0 aliphatic rings. The maximum Gasteiger partial charge on any atom is 0.121 e. The van der Waals surface area contributed by atoms with Gasteiger partial charge in [0.25, 0.3) is 0 Å². The lowest BCUT2D eigenvalue weighted by molar-refractivity contribution is 0.170. The number of hydrogen-bond acceptors (Lipinski definition) is 4. The van der Waals surface area contributed by atoms with E-state index in [-0.39, 0.29) is 18.4 Å². The zero-order valence-corrected chi connectivity index (χ0v) is 12.7. The molecular weight excluding hydrogens is 278 g/mol. The van der Waals surface area contributed by atoms with Crippen molar-refractivity contribution in [2.45, 2.75) is 32.1 Å². The van der Waals surface area contributed by atoms with Crippen molar-refractivity contribution >= 4 is 0 Å². The Balaban J connectivity index is 1.88. The van der Waals surface area contributed by atoms with Gasteiger partial charge in [-0.3, -0.25) is 0 Å². The molecule has 0 bridgehead atoms. The number of nitrogens with one attached hydrogen (secondary N) is 1. The molecule has 2 aromatic rings. The molecule has 0 aliphatic heterocycles. The highest BCUT2D eigenvalue weighted by atomic mass is 16.3. The Hall–Kier alpha value is -1.88. The van der Waals surface area contributed by atoms with Crippen molar-refractivity contribution in [2.24, 2.45) is 0 Å². The molecule has 22 heavy (non-hydrogen) atoms. The number of benzene rings is 2. The van der Waals surface area contributed by atoms with Gasteiger partial charge in [-0.25, -0.2) is 0 Å². The number of phenols is 1. The predicted molar refractivity (Wildman–Crippen MR) is 86.6 cm³/mol. The van der Waals surface area contributed by atoms with Gasteiger partial charge < -0.3 is 20.6 Å². The Morgan fingerprint density at radius 1 is 1.09 bits per heavy atom. The molecule has 0 spiro atoms. The third kappa shape index (κ3) is 4.56. The maximum absolute atomic E-state index is 10.2. The van der Waals surface area contributed by atoms with E-state index in [9.17, 15) is 10.2 Å². The Bertz CT molecular complexity index is 586. The van der Waals surface area contributed by atoms with Crippen LogP contribution < -0.4 is 5.32 Å². The van der Waals surface area contributed by atoms with Crippen LogP contribution in [0.25, 0.3) is 0 Å². The zero-order chi connectivity index (χ0) is 15.9. The average molecular weight is 301 g/mol. The fourth-order valence-corrected chi connectivity index (χ4v) is 2.41. The highest BCUT2D eigenvalue weighted by Crippen LogP contribution is 2.22. The van der Waals surface area contributed by atoms with E-state index in [0.29, 0.717) is 17.7 Å². The SMILES string of the molecule is C[C@H](Cc1ccccc1)NC[C@@H](O)c1ccc(O)c(CO)c1. The van der Waals surface area contributed by atoms with Gasteiger partial charge in [0.1, 0.15) is 5.75 Å². The van der Waals surface area contributed by atoms with Gasteiger partial charge in [0, 0.05) is 18.2 Å². The summed E-state index contributed by atoms with van der Waals surface area (Å²) < 4.78 is 0. The molecule has 0 saturated carbocycles. The molecule has 0 radical (unpaired) electrons. The number of aromatic hydroxyl groups is 1. The number of hydrogen-bond donors (Lipinski definition) is 4. The van der Waals surface area contributed by atoms with Gasteiger partial charge in [-0.2, -0.15) is 0 Å².